The molecule has 1 heterocycles. The van der Waals surface area contributed by atoms with Gasteiger partial charge in [0.15, 0.2) is 0 Å². The lowest BCUT2D eigenvalue weighted by molar-refractivity contribution is -0.135. The maximum Gasteiger partial charge on any atom is 0.262 e. The van der Waals surface area contributed by atoms with Gasteiger partial charge >= 0.3 is 0 Å². The summed E-state index contributed by atoms with van der Waals surface area (Å²) in [6.45, 7) is -0.380. The molecular formula is C7H12F2N2O2. The van der Waals surface area contributed by atoms with E-state index in [1.165, 1.54) is 19.1 Å². The predicted octanol–water partition coefficient (Wildman–Crippen LogP) is 0.00340. The Balaban J connectivity index is 2.57. The standard InChI is InChI=1S/C7H12F2N2O2/c1-11-4-7(8,9)3-5(11)6(12)10-13-2/h5H,3-4H2,1-2H3,(H,10,12). The maximum absolute atomic E-state index is 12.8. The minimum absolute atomic E-state index is 0.380. The molecule has 1 amide bonds. The zero-order chi connectivity index (χ0) is 10.1. The summed E-state index contributed by atoms with van der Waals surface area (Å²) in [6, 6.07) is -0.796. The number of rotatable bonds is 2. The summed E-state index contributed by atoms with van der Waals surface area (Å²) in [4.78, 5) is 16.8. The second kappa shape index (κ2) is 3.55. The van der Waals surface area contributed by atoms with Gasteiger partial charge in [-0.3, -0.25) is 14.5 Å². The van der Waals surface area contributed by atoms with Crippen LogP contribution in [0.25, 0.3) is 0 Å². The Kier molecular flexibility index (Phi) is 2.82. The summed E-state index contributed by atoms with van der Waals surface area (Å²) < 4.78 is 25.6. The lowest BCUT2D eigenvalue weighted by Crippen LogP contribution is -2.40. The minimum Gasteiger partial charge on any atom is -0.289 e. The number of carbonyl (C=O) groups excluding carboxylic acids is 1. The molecule has 1 saturated heterocycles. The number of likely N-dealkylation sites (N-methyl/N-ethyl adjacent to an activating group) is 1. The van der Waals surface area contributed by atoms with Gasteiger partial charge in [-0.25, -0.2) is 14.3 Å². The Morgan fingerprint density at radius 1 is 1.69 bits per heavy atom. The van der Waals surface area contributed by atoms with Crippen molar-refractivity contribution in [2.24, 2.45) is 0 Å². The fraction of sp³-hybridized carbons (Fsp3) is 0.857. The zero-order valence-corrected chi connectivity index (χ0v) is 7.51. The normalized spacial score (nSPS) is 27.5. The Labute approximate surface area is 74.8 Å². The highest BCUT2D eigenvalue weighted by Gasteiger charge is 2.46. The van der Waals surface area contributed by atoms with Gasteiger partial charge in [-0.1, -0.05) is 0 Å². The second-order valence-corrected chi connectivity index (χ2v) is 3.16. The molecule has 1 rings (SSSR count). The first kappa shape index (κ1) is 10.3. The van der Waals surface area contributed by atoms with Crippen LogP contribution in [0.2, 0.25) is 0 Å². The molecule has 1 N–H and O–H groups in total. The molecule has 1 aliphatic rings. The molecule has 1 fully saturated rings. The van der Waals surface area contributed by atoms with Crippen LogP contribution in [0, 0.1) is 0 Å². The fourth-order valence-corrected chi connectivity index (χ4v) is 1.44. The summed E-state index contributed by atoms with van der Waals surface area (Å²) in [5, 5.41) is 0. The van der Waals surface area contributed by atoms with E-state index in [1.807, 2.05) is 5.48 Å². The molecule has 0 spiro atoms. The largest absolute Gasteiger partial charge is 0.289 e. The van der Waals surface area contributed by atoms with E-state index in [0.29, 0.717) is 0 Å². The molecule has 13 heavy (non-hydrogen) atoms. The molecule has 1 unspecified atom stereocenters. The molecule has 0 aromatic rings. The summed E-state index contributed by atoms with van der Waals surface area (Å²) in [5.74, 6) is -3.30. The first-order valence-electron chi connectivity index (χ1n) is 3.87. The van der Waals surface area contributed by atoms with Gasteiger partial charge in [-0.05, 0) is 7.05 Å². The lowest BCUT2D eigenvalue weighted by atomic mass is 10.2. The van der Waals surface area contributed by atoms with Crippen LogP contribution in [-0.2, 0) is 9.63 Å². The quantitative estimate of drug-likeness (QED) is 0.629. The summed E-state index contributed by atoms with van der Waals surface area (Å²) >= 11 is 0. The summed E-state index contributed by atoms with van der Waals surface area (Å²) in [6.07, 6.45) is -0.446. The first-order valence-corrected chi connectivity index (χ1v) is 3.87. The average molecular weight is 194 g/mol. The van der Waals surface area contributed by atoms with E-state index in [1.54, 1.807) is 0 Å². The van der Waals surface area contributed by atoms with Gasteiger partial charge in [0.1, 0.15) is 0 Å². The van der Waals surface area contributed by atoms with Crippen molar-refractivity contribution in [3.63, 3.8) is 0 Å². The Bertz CT molecular complexity index is 211. The number of nitrogens with zero attached hydrogens (tertiary/aromatic N) is 1. The number of likely N-dealkylation sites (tertiary alicyclic amines) is 1. The molecule has 0 radical (unpaired) electrons. The molecule has 0 bridgehead atoms. The molecular weight excluding hydrogens is 182 g/mol. The van der Waals surface area contributed by atoms with Gasteiger partial charge in [0.25, 0.3) is 11.8 Å². The van der Waals surface area contributed by atoms with Crippen LogP contribution in [0.15, 0.2) is 0 Å². The Hall–Kier alpha value is -0.750. The van der Waals surface area contributed by atoms with Gasteiger partial charge < -0.3 is 0 Å². The third-order valence-corrected chi connectivity index (χ3v) is 2.01. The van der Waals surface area contributed by atoms with Crippen molar-refractivity contribution in [3.8, 4) is 0 Å². The topological polar surface area (TPSA) is 41.6 Å². The highest BCUT2D eigenvalue weighted by Crippen LogP contribution is 2.30. The third kappa shape index (κ3) is 2.35. The maximum atomic E-state index is 12.8. The SMILES string of the molecule is CONC(=O)C1CC(F)(F)CN1C. The average Bonchev–Trinajstić information content (AvgIpc) is 2.25. The number of hydroxylamine groups is 1. The number of alkyl halides is 2. The molecule has 1 aliphatic heterocycles. The smallest absolute Gasteiger partial charge is 0.262 e. The van der Waals surface area contributed by atoms with Gasteiger partial charge in [0.2, 0.25) is 0 Å². The molecule has 4 nitrogen and oxygen atoms in total. The monoisotopic (exact) mass is 194 g/mol. The molecule has 0 saturated carbocycles. The number of nitrogens with one attached hydrogen (secondary N) is 1. The summed E-state index contributed by atoms with van der Waals surface area (Å²) in [5.41, 5.74) is 2.04. The molecule has 76 valence electrons. The van der Waals surface area contributed by atoms with Gasteiger partial charge in [-0.15, -0.1) is 0 Å². The van der Waals surface area contributed by atoms with Gasteiger partial charge in [0.05, 0.1) is 19.7 Å². The van der Waals surface area contributed by atoms with E-state index in [0.717, 1.165) is 0 Å². The highest BCUT2D eigenvalue weighted by atomic mass is 19.3. The Morgan fingerprint density at radius 3 is 2.69 bits per heavy atom. The van der Waals surface area contributed by atoms with E-state index in [9.17, 15) is 13.6 Å². The minimum atomic E-state index is -2.77. The number of amides is 1. The lowest BCUT2D eigenvalue weighted by Gasteiger charge is -2.16. The molecule has 1 atom stereocenters. The van der Waals surface area contributed by atoms with E-state index in [-0.39, 0.29) is 6.54 Å². The van der Waals surface area contributed by atoms with Crippen LogP contribution in [0.1, 0.15) is 6.42 Å². The van der Waals surface area contributed by atoms with Crippen molar-refractivity contribution in [2.75, 3.05) is 20.7 Å². The second-order valence-electron chi connectivity index (χ2n) is 3.16. The van der Waals surface area contributed by atoms with E-state index >= 15 is 0 Å². The van der Waals surface area contributed by atoms with Crippen molar-refractivity contribution < 1.29 is 18.4 Å². The predicted molar refractivity (Wildman–Crippen MR) is 41.1 cm³/mol. The Morgan fingerprint density at radius 2 is 2.31 bits per heavy atom. The third-order valence-electron chi connectivity index (χ3n) is 2.01. The van der Waals surface area contributed by atoms with E-state index in [2.05, 4.69) is 4.84 Å². The van der Waals surface area contributed by atoms with Crippen molar-refractivity contribution in [2.45, 2.75) is 18.4 Å². The number of carbonyl (C=O) groups is 1. The number of halogens is 2. The van der Waals surface area contributed by atoms with E-state index < -0.39 is 24.3 Å². The molecule has 0 aliphatic carbocycles. The molecule has 0 aromatic heterocycles. The van der Waals surface area contributed by atoms with E-state index in [4.69, 9.17) is 0 Å². The van der Waals surface area contributed by atoms with Crippen LogP contribution in [0.4, 0.5) is 8.78 Å². The van der Waals surface area contributed by atoms with Crippen molar-refractivity contribution in [3.05, 3.63) is 0 Å². The van der Waals surface area contributed by atoms with Crippen molar-refractivity contribution >= 4 is 5.91 Å². The summed E-state index contributed by atoms with van der Waals surface area (Å²) in [7, 11) is 2.76. The molecule has 0 aromatic carbocycles. The van der Waals surface area contributed by atoms with Gasteiger partial charge in [-0.2, -0.15) is 0 Å². The number of hydrogen-bond acceptors (Lipinski definition) is 3. The number of hydrogen-bond donors (Lipinski definition) is 1. The zero-order valence-electron chi connectivity index (χ0n) is 7.51. The fourth-order valence-electron chi connectivity index (χ4n) is 1.44. The van der Waals surface area contributed by atoms with Crippen LogP contribution >= 0.6 is 0 Å². The van der Waals surface area contributed by atoms with Crippen LogP contribution in [0.3, 0.4) is 0 Å². The van der Waals surface area contributed by atoms with Crippen molar-refractivity contribution in [1.29, 1.82) is 0 Å². The highest BCUT2D eigenvalue weighted by molar-refractivity contribution is 5.81. The molecule has 6 heteroatoms. The van der Waals surface area contributed by atoms with Crippen LogP contribution in [0.5, 0.6) is 0 Å². The van der Waals surface area contributed by atoms with Gasteiger partial charge in [0, 0.05) is 6.42 Å². The van der Waals surface area contributed by atoms with Crippen LogP contribution < -0.4 is 5.48 Å². The van der Waals surface area contributed by atoms with Crippen molar-refractivity contribution in [1.82, 2.24) is 10.4 Å². The first-order chi connectivity index (χ1) is 5.96. The van der Waals surface area contributed by atoms with Crippen LogP contribution in [-0.4, -0.2) is 43.5 Å².